The van der Waals surface area contributed by atoms with Gasteiger partial charge in [-0.1, -0.05) is 30.3 Å². The molecule has 1 aromatic carbocycles. The number of ether oxygens (including phenoxy) is 1. The first-order chi connectivity index (χ1) is 21.3. The van der Waals surface area contributed by atoms with Crippen molar-refractivity contribution in [3.63, 3.8) is 0 Å². The molecule has 0 unspecified atom stereocenters. The average Bonchev–Trinajstić information content (AvgIpc) is 3.40. The molecule has 11 heteroatoms. The summed E-state index contributed by atoms with van der Waals surface area (Å²) >= 11 is 0. The molecule has 8 rings (SSSR count). The molecule has 1 atom stereocenters. The van der Waals surface area contributed by atoms with E-state index >= 15 is 0 Å². The van der Waals surface area contributed by atoms with Crippen LogP contribution in [0.2, 0.25) is 0 Å². The van der Waals surface area contributed by atoms with Crippen LogP contribution in [0.1, 0.15) is 91.7 Å². The molecule has 0 bridgehead atoms. The minimum absolute atomic E-state index is 0.0286. The number of amides is 1. The molecule has 5 aromatic rings. The summed E-state index contributed by atoms with van der Waals surface area (Å²) in [6.07, 6.45) is 10.4. The van der Waals surface area contributed by atoms with Gasteiger partial charge in [0.15, 0.2) is 11.5 Å². The Morgan fingerprint density at radius 2 is 1.93 bits per heavy atom. The van der Waals surface area contributed by atoms with Crippen LogP contribution in [0.3, 0.4) is 0 Å². The molecule has 2 N–H and O–H groups in total. The van der Waals surface area contributed by atoms with E-state index < -0.39 is 5.54 Å². The van der Waals surface area contributed by atoms with Gasteiger partial charge >= 0.3 is 11.8 Å². The Morgan fingerprint density at radius 3 is 2.75 bits per heavy atom. The van der Waals surface area contributed by atoms with Crippen molar-refractivity contribution in [2.75, 3.05) is 13.2 Å². The standard InChI is InChI=1S/C33H36N8O3/c1-19-24(18-35-41(19)22-9-15-43-16-10-22)27-36-26-23(8-14-34-28(26)37-27)20-6-7-25-21(17-20)5-4-11-33(25,3)39-29(42)30-38-31(40-44-30)32(2)12-13-32/h6-8,14,17-18,22H,4-5,9-13,15-16H2,1-3H3,(H,39,42)(H,34,36,37)/t33-/m1/s1. The molecule has 1 saturated heterocycles. The van der Waals surface area contributed by atoms with Crippen LogP contribution in [0.25, 0.3) is 33.7 Å². The first kappa shape index (κ1) is 27.2. The Labute approximate surface area is 254 Å². The van der Waals surface area contributed by atoms with Crippen LogP contribution >= 0.6 is 0 Å². The number of rotatable bonds is 6. The van der Waals surface area contributed by atoms with E-state index in [1.165, 1.54) is 5.56 Å². The van der Waals surface area contributed by atoms with Crippen molar-refractivity contribution in [3.8, 4) is 22.5 Å². The number of aryl methyl sites for hydroxylation is 1. The number of hydrogen-bond acceptors (Lipinski definition) is 8. The molecule has 1 saturated carbocycles. The first-order valence-corrected chi connectivity index (χ1v) is 15.6. The minimum Gasteiger partial charge on any atom is -0.381 e. The van der Waals surface area contributed by atoms with E-state index in [-0.39, 0.29) is 17.2 Å². The number of H-pyrrole nitrogens is 1. The first-order valence-electron chi connectivity index (χ1n) is 15.6. The van der Waals surface area contributed by atoms with Crippen LogP contribution in [0.5, 0.6) is 0 Å². The van der Waals surface area contributed by atoms with E-state index in [0.29, 0.717) is 17.5 Å². The molecular weight excluding hydrogens is 556 g/mol. The molecule has 11 nitrogen and oxygen atoms in total. The summed E-state index contributed by atoms with van der Waals surface area (Å²) in [5, 5.41) is 12.0. The maximum Gasteiger partial charge on any atom is 0.315 e. The number of carbonyl (C=O) groups is 1. The van der Waals surface area contributed by atoms with Crippen LogP contribution in [0.15, 0.2) is 41.2 Å². The van der Waals surface area contributed by atoms with E-state index in [0.717, 1.165) is 97.4 Å². The SMILES string of the molecule is Cc1c(-c2nc3nccc(-c4ccc5c(c4)CCC[C@@]5(C)NC(=O)c4nc(C5(C)CC5)no4)c3[nH]2)cnn1C1CCOCC1. The van der Waals surface area contributed by atoms with Crippen LogP contribution in [0, 0.1) is 6.92 Å². The molecular formula is C33H36N8O3. The highest BCUT2D eigenvalue weighted by Crippen LogP contribution is 2.46. The van der Waals surface area contributed by atoms with Gasteiger partial charge in [-0.15, -0.1) is 0 Å². The molecule has 226 valence electrons. The minimum atomic E-state index is -0.543. The zero-order valence-corrected chi connectivity index (χ0v) is 25.3. The number of fused-ring (bicyclic) bond motifs is 2. The number of carbonyl (C=O) groups excluding carboxylic acids is 1. The fourth-order valence-electron chi connectivity index (χ4n) is 6.91. The van der Waals surface area contributed by atoms with Crippen molar-refractivity contribution in [2.45, 2.75) is 82.7 Å². The summed E-state index contributed by atoms with van der Waals surface area (Å²) in [6, 6.07) is 8.87. The number of imidazole rings is 1. The second-order valence-electron chi connectivity index (χ2n) is 13.1. The largest absolute Gasteiger partial charge is 0.381 e. The molecule has 5 heterocycles. The summed E-state index contributed by atoms with van der Waals surface area (Å²) in [4.78, 5) is 30.6. The van der Waals surface area contributed by atoms with Gasteiger partial charge < -0.3 is 19.6 Å². The molecule has 1 amide bonds. The van der Waals surface area contributed by atoms with Gasteiger partial charge in [-0.2, -0.15) is 10.1 Å². The number of nitrogens with zero attached hydrogens (tertiary/aromatic N) is 6. The van der Waals surface area contributed by atoms with E-state index in [1.807, 2.05) is 18.5 Å². The topological polar surface area (TPSA) is 137 Å². The number of benzene rings is 1. The lowest BCUT2D eigenvalue weighted by Crippen LogP contribution is -2.45. The van der Waals surface area contributed by atoms with Gasteiger partial charge in [0.05, 0.1) is 28.9 Å². The van der Waals surface area contributed by atoms with Gasteiger partial charge in [-0.05, 0) is 81.5 Å². The summed E-state index contributed by atoms with van der Waals surface area (Å²) in [5.74, 6) is 1.09. The lowest BCUT2D eigenvalue weighted by atomic mass is 9.77. The van der Waals surface area contributed by atoms with E-state index in [9.17, 15) is 4.79 Å². The van der Waals surface area contributed by atoms with Gasteiger partial charge in [0.2, 0.25) is 0 Å². The Hall–Kier alpha value is -4.38. The monoisotopic (exact) mass is 592 g/mol. The quantitative estimate of drug-likeness (QED) is 0.261. The number of hydrogen-bond donors (Lipinski definition) is 2. The third-order valence-corrected chi connectivity index (χ3v) is 9.91. The fraction of sp³-hybridized carbons (Fsp3) is 0.455. The van der Waals surface area contributed by atoms with Crippen molar-refractivity contribution in [1.82, 2.24) is 40.2 Å². The highest BCUT2D eigenvalue weighted by Gasteiger charge is 2.44. The van der Waals surface area contributed by atoms with Crippen molar-refractivity contribution < 1.29 is 14.1 Å². The van der Waals surface area contributed by atoms with Crippen LogP contribution in [0.4, 0.5) is 0 Å². The normalized spacial score (nSPS) is 21.3. The van der Waals surface area contributed by atoms with E-state index in [4.69, 9.17) is 19.3 Å². The molecule has 2 fully saturated rings. The zero-order valence-electron chi connectivity index (χ0n) is 25.3. The van der Waals surface area contributed by atoms with Crippen molar-refractivity contribution in [1.29, 1.82) is 0 Å². The Bertz CT molecular complexity index is 1890. The van der Waals surface area contributed by atoms with Gasteiger partial charge in [-0.3, -0.25) is 9.48 Å². The summed E-state index contributed by atoms with van der Waals surface area (Å²) < 4.78 is 13.0. The van der Waals surface area contributed by atoms with E-state index in [1.54, 1.807) is 0 Å². The summed E-state index contributed by atoms with van der Waals surface area (Å²) in [7, 11) is 0. The number of nitrogens with one attached hydrogen (secondary N) is 2. The van der Waals surface area contributed by atoms with Gasteiger partial charge in [0.25, 0.3) is 0 Å². The molecule has 0 radical (unpaired) electrons. The second-order valence-corrected chi connectivity index (χ2v) is 13.1. The maximum absolute atomic E-state index is 13.2. The number of aromatic amines is 1. The van der Waals surface area contributed by atoms with Crippen molar-refractivity contribution >= 4 is 17.1 Å². The predicted molar refractivity (Wildman–Crippen MR) is 163 cm³/mol. The lowest BCUT2D eigenvalue weighted by Gasteiger charge is -2.36. The fourth-order valence-corrected chi connectivity index (χ4v) is 6.91. The zero-order chi connectivity index (χ0) is 30.1. The molecule has 2 aliphatic carbocycles. The number of aromatic nitrogens is 7. The highest BCUT2D eigenvalue weighted by atomic mass is 16.5. The van der Waals surface area contributed by atoms with E-state index in [2.05, 4.69) is 69.1 Å². The third-order valence-electron chi connectivity index (χ3n) is 9.91. The predicted octanol–water partition coefficient (Wildman–Crippen LogP) is 5.56. The summed E-state index contributed by atoms with van der Waals surface area (Å²) in [6.45, 7) is 7.81. The van der Waals surface area contributed by atoms with Crippen LogP contribution in [-0.2, 0) is 22.1 Å². The van der Waals surface area contributed by atoms with Crippen molar-refractivity contribution in [2.24, 2.45) is 0 Å². The lowest BCUT2D eigenvalue weighted by molar-refractivity contribution is 0.0657. The van der Waals surface area contributed by atoms with Crippen molar-refractivity contribution in [3.05, 3.63) is 65.2 Å². The van der Waals surface area contributed by atoms with Gasteiger partial charge in [0, 0.05) is 36.1 Å². The molecule has 0 spiro atoms. The van der Waals surface area contributed by atoms with Crippen LogP contribution < -0.4 is 5.32 Å². The summed E-state index contributed by atoms with van der Waals surface area (Å²) in [5.41, 5.74) is 7.48. The van der Waals surface area contributed by atoms with Gasteiger partial charge in [-0.25, -0.2) is 9.97 Å². The van der Waals surface area contributed by atoms with Gasteiger partial charge in [0.1, 0.15) is 5.82 Å². The Kier molecular flexibility index (Phi) is 6.23. The molecule has 1 aliphatic heterocycles. The smallest absolute Gasteiger partial charge is 0.315 e. The molecule has 44 heavy (non-hydrogen) atoms. The Morgan fingerprint density at radius 1 is 1.09 bits per heavy atom. The second kappa shape index (κ2) is 10.1. The third kappa shape index (κ3) is 4.52. The maximum atomic E-state index is 13.2. The average molecular weight is 593 g/mol. The van der Waals surface area contributed by atoms with Crippen LogP contribution in [-0.4, -0.2) is 54.0 Å². The number of pyridine rings is 1. The highest BCUT2D eigenvalue weighted by molar-refractivity contribution is 5.92. The molecule has 4 aromatic heterocycles. The molecule has 3 aliphatic rings. The Balaban J connectivity index is 1.08.